The minimum Gasteiger partial charge on any atom is -0.338 e. The molecule has 3 aromatic rings. The molecule has 1 unspecified atom stereocenters. The van der Waals surface area contributed by atoms with Gasteiger partial charge in [0.25, 0.3) is 10.0 Å². The summed E-state index contributed by atoms with van der Waals surface area (Å²) >= 11 is 0. The van der Waals surface area contributed by atoms with Gasteiger partial charge in [-0.15, -0.1) is 0 Å². The molecular weight excluding hydrogens is 466 g/mol. The molecular formula is C25H29N5O4S. The summed E-state index contributed by atoms with van der Waals surface area (Å²) in [6.07, 6.45) is 2.15. The van der Waals surface area contributed by atoms with Gasteiger partial charge in [0.2, 0.25) is 17.6 Å². The van der Waals surface area contributed by atoms with E-state index in [0.717, 1.165) is 18.4 Å². The average molecular weight is 496 g/mol. The van der Waals surface area contributed by atoms with Crippen molar-refractivity contribution in [3.8, 4) is 11.4 Å². The third-order valence-electron chi connectivity index (χ3n) is 5.56. The van der Waals surface area contributed by atoms with E-state index in [4.69, 9.17) is 4.52 Å². The molecule has 0 spiro atoms. The number of unbranched alkanes of at least 4 members (excludes halogenated alkanes) is 1. The average Bonchev–Trinajstić information content (AvgIpc) is 3.41. The summed E-state index contributed by atoms with van der Waals surface area (Å²) in [6.45, 7) is 8.01. The maximum Gasteiger partial charge on any atom is 0.263 e. The fourth-order valence-corrected chi connectivity index (χ4v) is 4.85. The van der Waals surface area contributed by atoms with E-state index in [1.807, 2.05) is 27.7 Å². The number of aromatic nitrogens is 2. The summed E-state index contributed by atoms with van der Waals surface area (Å²) < 4.78 is 32.7. The van der Waals surface area contributed by atoms with Gasteiger partial charge in [0.1, 0.15) is 11.9 Å². The number of hydrogen-bond acceptors (Lipinski definition) is 7. The Morgan fingerprint density at radius 2 is 1.86 bits per heavy atom. The number of benzene rings is 2. The van der Waals surface area contributed by atoms with Crippen LogP contribution in [0.1, 0.15) is 58.4 Å². The largest absolute Gasteiger partial charge is 0.338 e. The molecule has 2 N–H and O–H groups in total. The van der Waals surface area contributed by atoms with Crippen molar-refractivity contribution < 1.29 is 17.7 Å². The van der Waals surface area contributed by atoms with Gasteiger partial charge < -0.3 is 9.84 Å². The van der Waals surface area contributed by atoms with Crippen LogP contribution in [-0.4, -0.2) is 36.3 Å². The van der Waals surface area contributed by atoms with Crippen molar-refractivity contribution in [2.75, 3.05) is 5.32 Å². The molecule has 9 nitrogen and oxygen atoms in total. The molecule has 1 amide bonds. The van der Waals surface area contributed by atoms with Crippen LogP contribution in [0.5, 0.6) is 0 Å². The number of sulfonamides is 1. The highest BCUT2D eigenvalue weighted by Gasteiger charge is 2.32. The number of rotatable bonds is 7. The number of nitrogens with zero attached hydrogens (tertiary/aromatic N) is 3. The van der Waals surface area contributed by atoms with Crippen molar-refractivity contribution >= 4 is 27.5 Å². The van der Waals surface area contributed by atoms with Gasteiger partial charge in [-0.2, -0.15) is 4.98 Å². The van der Waals surface area contributed by atoms with E-state index in [2.05, 4.69) is 25.2 Å². The molecule has 4 rings (SSSR count). The molecule has 2 aromatic carbocycles. The van der Waals surface area contributed by atoms with Crippen molar-refractivity contribution in [1.29, 1.82) is 0 Å². The standard InChI is InChI=1S/C25H29N5O4S/c1-5-6-10-19(27-22-18-9-7-8-11-20(18)35(32,33)30-22)23(31)26-17-14-12-16(13-15-17)21-28-24(34-29-21)25(2,3)4/h7-9,11-15,19H,5-6,10H2,1-4H3,(H,26,31)(H,27,30). The van der Waals surface area contributed by atoms with Crippen molar-refractivity contribution in [2.24, 2.45) is 4.99 Å². The van der Waals surface area contributed by atoms with Crippen molar-refractivity contribution in [3.05, 3.63) is 60.0 Å². The molecule has 0 bridgehead atoms. The molecule has 2 heterocycles. The van der Waals surface area contributed by atoms with E-state index >= 15 is 0 Å². The Bertz CT molecular complexity index is 1350. The second-order valence-electron chi connectivity index (χ2n) is 9.48. The lowest BCUT2D eigenvalue weighted by molar-refractivity contribution is -0.117. The Labute approximate surface area is 205 Å². The quantitative estimate of drug-likeness (QED) is 0.504. The van der Waals surface area contributed by atoms with Crippen LogP contribution in [0, 0.1) is 0 Å². The topological polar surface area (TPSA) is 127 Å². The van der Waals surface area contributed by atoms with Gasteiger partial charge in [-0.05, 0) is 42.8 Å². The highest BCUT2D eigenvalue weighted by Crippen LogP contribution is 2.26. The van der Waals surface area contributed by atoms with Gasteiger partial charge in [0.15, 0.2) is 0 Å². The van der Waals surface area contributed by atoms with Crippen LogP contribution in [0.25, 0.3) is 11.4 Å². The molecule has 1 aliphatic heterocycles. The summed E-state index contributed by atoms with van der Waals surface area (Å²) in [4.78, 5) is 22.3. The Morgan fingerprint density at radius 1 is 1.14 bits per heavy atom. The number of nitrogens with one attached hydrogen (secondary N) is 2. The van der Waals surface area contributed by atoms with E-state index in [1.165, 1.54) is 6.07 Å². The number of hydrogen-bond donors (Lipinski definition) is 2. The van der Waals surface area contributed by atoms with Crippen molar-refractivity contribution in [1.82, 2.24) is 14.9 Å². The number of fused-ring (bicyclic) bond motifs is 1. The third kappa shape index (κ3) is 5.43. The summed E-state index contributed by atoms with van der Waals surface area (Å²) in [7, 11) is -3.68. The van der Waals surface area contributed by atoms with Crippen LogP contribution in [-0.2, 0) is 20.2 Å². The minimum absolute atomic E-state index is 0.167. The van der Waals surface area contributed by atoms with E-state index in [1.54, 1.807) is 42.5 Å². The number of carbonyl (C=O) groups is 1. The zero-order chi connectivity index (χ0) is 25.2. The summed E-state index contributed by atoms with van der Waals surface area (Å²) in [6, 6.07) is 13.0. The molecule has 1 aliphatic rings. The van der Waals surface area contributed by atoms with Gasteiger partial charge in [-0.3, -0.25) is 14.5 Å². The second kappa shape index (κ2) is 9.61. The van der Waals surface area contributed by atoms with Gasteiger partial charge in [-0.25, -0.2) is 8.42 Å². The molecule has 0 saturated carbocycles. The number of aliphatic imine (C=N–C) groups is 1. The zero-order valence-corrected chi connectivity index (χ0v) is 21.0. The molecule has 0 aliphatic carbocycles. The lowest BCUT2D eigenvalue weighted by Crippen LogP contribution is -2.30. The first kappa shape index (κ1) is 24.6. The zero-order valence-electron chi connectivity index (χ0n) is 20.2. The number of amidine groups is 1. The van der Waals surface area contributed by atoms with Gasteiger partial charge in [0.05, 0.1) is 4.90 Å². The predicted molar refractivity (Wildman–Crippen MR) is 134 cm³/mol. The second-order valence-corrected chi connectivity index (χ2v) is 11.1. The maximum atomic E-state index is 13.1. The number of amides is 1. The summed E-state index contributed by atoms with van der Waals surface area (Å²) in [5.74, 6) is 0.912. The first-order valence-electron chi connectivity index (χ1n) is 11.5. The fourth-order valence-electron chi connectivity index (χ4n) is 3.61. The SMILES string of the molecule is CCCCC(N=C1NS(=O)(=O)c2ccccc21)C(=O)Nc1ccc(-c2noc(C(C)(C)C)n2)cc1. The molecule has 0 saturated heterocycles. The minimum atomic E-state index is -3.68. The highest BCUT2D eigenvalue weighted by atomic mass is 32.2. The Balaban J connectivity index is 1.53. The third-order valence-corrected chi connectivity index (χ3v) is 6.96. The normalized spacial score (nSPS) is 16.5. The van der Waals surface area contributed by atoms with Crippen molar-refractivity contribution in [3.63, 3.8) is 0 Å². The van der Waals surface area contributed by atoms with Crippen LogP contribution < -0.4 is 10.0 Å². The lowest BCUT2D eigenvalue weighted by Gasteiger charge is -2.14. The van der Waals surface area contributed by atoms with Crippen LogP contribution in [0.15, 0.2) is 62.9 Å². The fraction of sp³-hybridized carbons (Fsp3) is 0.360. The van der Waals surface area contributed by atoms with E-state index < -0.39 is 16.1 Å². The predicted octanol–water partition coefficient (Wildman–Crippen LogP) is 4.27. The van der Waals surface area contributed by atoms with E-state index in [9.17, 15) is 13.2 Å². The first-order valence-corrected chi connectivity index (χ1v) is 13.0. The number of carbonyl (C=O) groups excluding carboxylic acids is 1. The van der Waals surface area contributed by atoms with Crippen LogP contribution >= 0.6 is 0 Å². The maximum absolute atomic E-state index is 13.1. The summed E-state index contributed by atoms with van der Waals surface area (Å²) in [5, 5.41) is 6.94. The van der Waals surface area contributed by atoms with Crippen molar-refractivity contribution in [2.45, 2.75) is 63.3 Å². The first-order chi connectivity index (χ1) is 16.6. The Hall–Kier alpha value is -3.53. The van der Waals surface area contributed by atoms with Crippen LogP contribution in [0.3, 0.4) is 0 Å². The molecule has 0 fully saturated rings. The molecule has 1 atom stereocenters. The summed E-state index contributed by atoms with van der Waals surface area (Å²) in [5.41, 5.74) is 1.58. The smallest absolute Gasteiger partial charge is 0.263 e. The number of anilines is 1. The van der Waals surface area contributed by atoms with Crippen LogP contribution in [0.2, 0.25) is 0 Å². The molecule has 1 aromatic heterocycles. The van der Waals surface area contributed by atoms with E-state index in [-0.39, 0.29) is 22.1 Å². The molecule has 184 valence electrons. The van der Waals surface area contributed by atoms with Crippen LogP contribution in [0.4, 0.5) is 5.69 Å². The van der Waals surface area contributed by atoms with Gasteiger partial charge >= 0.3 is 0 Å². The van der Waals surface area contributed by atoms with Gasteiger partial charge in [0, 0.05) is 22.2 Å². The highest BCUT2D eigenvalue weighted by molar-refractivity contribution is 7.90. The van der Waals surface area contributed by atoms with Gasteiger partial charge in [-0.1, -0.05) is 57.8 Å². The van der Waals surface area contributed by atoms with E-state index in [0.29, 0.717) is 29.4 Å². The Kier molecular flexibility index (Phi) is 6.75. The Morgan fingerprint density at radius 3 is 2.51 bits per heavy atom. The monoisotopic (exact) mass is 495 g/mol. The lowest BCUT2D eigenvalue weighted by atomic mass is 9.97. The molecule has 10 heteroatoms. The molecule has 0 radical (unpaired) electrons. The molecule has 35 heavy (non-hydrogen) atoms.